The summed E-state index contributed by atoms with van der Waals surface area (Å²) in [7, 11) is 0. The Labute approximate surface area is 135 Å². The highest BCUT2D eigenvalue weighted by Crippen LogP contribution is 2.20. The molecule has 116 valence electrons. The van der Waals surface area contributed by atoms with Gasteiger partial charge in [-0.3, -0.25) is 4.79 Å². The van der Waals surface area contributed by atoms with Crippen molar-refractivity contribution in [3.8, 4) is 5.69 Å². The molecule has 5 heteroatoms. The number of carbonyl (C=O) groups is 1. The fourth-order valence-corrected chi connectivity index (χ4v) is 3.73. The quantitative estimate of drug-likeness (QED) is 0.874. The molecule has 0 spiro atoms. The Bertz CT molecular complexity index is 660. The summed E-state index contributed by atoms with van der Waals surface area (Å²) in [5, 5.41) is 4.62. The average Bonchev–Trinajstić information content (AvgIpc) is 2.84. The lowest BCUT2D eigenvalue weighted by Gasteiger charge is -2.26. The molecule has 1 fully saturated rings. The van der Waals surface area contributed by atoms with E-state index in [1.54, 1.807) is 0 Å². The number of benzene rings is 1. The molecule has 1 aliphatic rings. The van der Waals surface area contributed by atoms with E-state index >= 15 is 0 Å². The summed E-state index contributed by atoms with van der Waals surface area (Å²) in [5.74, 6) is 2.32. The second-order valence-electron chi connectivity index (χ2n) is 5.57. The number of hydrogen-bond donors (Lipinski definition) is 0. The zero-order valence-electron chi connectivity index (χ0n) is 13.1. The number of hydrogen-bond acceptors (Lipinski definition) is 3. The van der Waals surface area contributed by atoms with Crippen molar-refractivity contribution in [3.63, 3.8) is 0 Å². The lowest BCUT2D eigenvalue weighted by atomic mass is 10.1. The van der Waals surface area contributed by atoms with Gasteiger partial charge in [0.05, 0.1) is 17.8 Å². The topological polar surface area (TPSA) is 38.1 Å². The zero-order valence-corrected chi connectivity index (χ0v) is 13.9. The summed E-state index contributed by atoms with van der Waals surface area (Å²) < 4.78 is 1.93. The van der Waals surface area contributed by atoms with Crippen LogP contribution in [0, 0.1) is 13.8 Å². The molecule has 4 nitrogen and oxygen atoms in total. The Morgan fingerprint density at radius 3 is 2.55 bits per heavy atom. The van der Waals surface area contributed by atoms with Crippen molar-refractivity contribution in [2.45, 2.75) is 20.3 Å². The second-order valence-corrected chi connectivity index (χ2v) is 6.79. The van der Waals surface area contributed by atoms with Gasteiger partial charge in [-0.2, -0.15) is 16.9 Å². The minimum atomic E-state index is 0.221. The Morgan fingerprint density at radius 1 is 1.18 bits per heavy atom. The Morgan fingerprint density at radius 2 is 1.86 bits per heavy atom. The second kappa shape index (κ2) is 6.57. The normalized spacial score (nSPS) is 15.1. The van der Waals surface area contributed by atoms with Crippen LogP contribution in [0.2, 0.25) is 0 Å². The van der Waals surface area contributed by atoms with Gasteiger partial charge in [-0.1, -0.05) is 18.2 Å². The number of para-hydroxylation sites is 1. The number of amides is 1. The van der Waals surface area contributed by atoms with E-state index in [9.17, 15) is 4.79 Å². The van der Waals surface area contributed by atoms with Crippen LogP contribution in [0.1, 0.15) is 17.0 Å². The summed E-state index contributed by atoms with van der Waals surface area (Å²) in [5.41, 5.74) is 4.10. The van der Waals surface area contributed by atoms with Gasteiger partial charge in [0.15, 0.2) is 0 Å². The summed E-state index contributed by atoms with van der Waals surface area (Å²) >= 11 is 1.92. The molecule has 0 unspecified atom stereocenters. The first-order valence-electron chi connectivity index (χ1n) is 7.63. The Kier molecular flexibility index (Phi) is 4.52. The first-order valence-corrected chi connectivity index (χ1v) is 8.78. The predicted molar refractivity (Wildman–Crippen MR) is 90.6 cm³/mol. The van der Waals surface area contributed by atoms with Crippen LogP contribution < -0.4 is 0 Å². The molecule has 0 aliphatic carbocycles. The van der Waals surface area contributed by atoms with Gasteiger partial charge in [-0.05, 0) is 26.0 Å². The molecule has 0 saturated carbocycles. The molecule has 0 bridgehead atoms. The first-order chi connectivity index (χ1) is 10.7. The van der Waals surface area contributed by atoms with Gasteiger partial charge in [0.2, 0.25) is 5.91 Å². The van der Waals surface area contributed by atoms with Crippen molar-refractivity contribution in [1.82, 2.24) is 14.7 Å². The third kappa shape index (κ3) is 3.04. The highest BCUT2D eigenvalue weighted by Gasteiger charge is 2.21. The lowest BCUT2D eigenvalue weighted by Crippen LogP contribution is -2.38. The molecule has 2 heterocycles. The molecule has 0 atom stereocenters. The minimum absolute atomic E-state index is 0.221. The minimum Gasteiger partial charge on any atom is -0.341 e. The van der Waals surface area contributed by atoms with Crippen LogP contribution in [0.15, 0.2) is 30.3 Å². The molecule has 3 rings (SSSR count). The van der Waals surface area contributed by atoms with Gasteiger partial charge in [0.1, 0.15) is 0 Å². The predicted octanol–water partition coefficient (Wildman–Crippen LogP) is 2.61. The molecule has 1 aromatic carbocycles. The van der Waals surface area contributed by atoms with Crippen LogP contribution in [-0.4, -0.2) is 45.2 Å². The molecule has 0 N–H and O–H groups in total. The lowest BCUT2D eigenvalue weighted by molar-refractivity contribution is -0.130. The molecular formula is C17H21N3OS. The van der Waals surface area contributed by atoms with Gasteiger partial charge in [-0.15, -0.1) is 0 Å². The van der Waals surface area contributed by atoms with Crippen molar-refractivity contribution in [1.29, 1.82) is 0 Å². The van der Waals surface area contributed by atoms with Crippen molar-refractivity contribution >= 4 is 17.7 Å². The van der Waals surface area contributed by atoms with Crippen molar-refractivity contribution < 1.29 is 4.79 Å². The van der Waals surface area contributed by atoms with Crippen molar-refractivity contribution in [2.75, 3.05) is 24.6 Å². The van der Waals surface area contributed by atoms with E-state index in [0.717, 1.165) is 47.2 Å². The zero-order chi connectivity index (χ0) is 15.5. The van der Waals surface area contributed by atoms with Crippen LogP contribution in [0.3, 0.4) is 0 Å². The van der Waals surface area contributed by atoms with Crippen LogP contribution in [-0.2, 0) is 11.2 Å². The third-order valence-corrected chi connectivity index (χ3v) is 5.08. The summed E-state index contributed by atoms with van der Waals surface area (Å²) in [6.07, 6.45) is 0.454. The maximum Gasteiger partial charge on any atom is 0.227 e. The standard InChI is InChI=1S/C17H21N3OS/c1-13-16(12-17(21)19-8-10-22-11-9-19)14(2)20(18-13)15-6-4-3-5-7-15/h3-7H,8-12H2,1-2H3. The summed E-state index contributed by atoms with van der Waals surface area (Å²) in [6, 6.07) is 10.1. The molecule has 22 heavy (non-hydrogen) atoms. The van der Waals surface area contributed by atoms with E-state index in [0.29, 0.717) is 6.42 Å². The average molecular weight is 315 g/mol. The Balaban J connectivity index is 1.82. The Hall–Kier alpha value is -1.75. The highest BCUT2D eigenvalue weighted by molar-refractivity contribution is 7.99. The van der Waals surface area contributed by atoms with E-state index < -0.39 is 0 Å². The van der Waals surface area contributed by atoms with Gasteiger partial charge < -0.3 is 4.90 Å². The molecule has 1 aromatic heterocycles. The smallest absolute Gasteiger partial charge is 0.227 e. The maximum absolute atomic E-state index is 12.5. The number of nitrogens with zero attached hydrogens (tertiary/aromatic N) is 3. The van der Waals surface area contributed by atoms with Crippen LogP contribution in [0.5, 0.6) is 0 Å². The highest BCUT2D eigenvalue weighted by atomic mass is 32.2. The molecule has 1 amide bonds. The van der Waals surface area contributed by atoms with E-state index in [4.69, 9.17) is 0 Å². The number of rotatable bonds is 3. The van der Waals surface area contributed by atoms with Gasteiger partial charge in [-0.25, -0.2) is 4.68 Å². The first kappa shape index (κ1) is 15.2. The largest absolute Gasteiger partial charge is 0.341 e. The summed E-state index contributed by atoms with van der Waals surface area (Å²) in [4.78, 5) is 14.5. The molecule has 2 aromatic rings. The number of carbonyl (C=O) groups excluding carboxylic acids is 1. The molecule has 0 radical (unpaired) electrons. The SMILES string of the molecule is Cc1nn(-c2ccccc2)c(C)c1CC(=O)N1CCSCC1. The van der Waals surface area contributed by atoms with Crippen LogP contribution >= 0.6 is 11.8 Å². The maximum atomic E-state index is 12.5. The van der Waals surface area contributed by atoms with E-state index in [1.807, 2.05) is 65.5 Å². The van der Waals surface area contributed by atoms with Crippen molar-refractivity contribution in [3.05, 3.63) is 47.3 Å². The van der Waals surface area contributed by atoms with Gasteiger partial charge >= 0.3 is 0 Å². The van der Waals surface area contributed by atoms with E-state index in [1.165, 1.54) is 0 Å². The number of aromatic nitrogens is 2. The third-order valence-electron chi connectivity index (χ3n) is 4.13. The summed E-state index contributed by atoms with van der Waals surface area (Å²) in [6.45, 7) is 5.77. The van der Waals surface area contributed by atoms with E-state index in [2.05, 4.69) is 5.10 Å². The van der Waals surface area contributed by atoms with Crippen LogP contribution in [0.25, 0.3) is 5.69 Å². The molecule has 1 saturated heterocycles. The number of thioether (sulfide) groups is 1. The van der Waals surface area contributed by atoms with Gasteiger partial charge in [0, 0.05) is 35.9 Å². The van der Waals surface area contributed by atoms with Gasteiger partial charge in [0.25, 0.3) is 0 Å². The fourth-order valence-electron chi connectivity index (χ4n) is 2.83. The number of aryl methyl sites for hydroxylation is 1. The van der Waals surface area contributed by atoms with Crippen LogP contribution in [0.4, 0.5) is 0 Å². The molecular weight excluding hydrogens is 294 g/mol. The molecule has 1 aliphatic heterocycles. The van der Waals surface area contributed by atoms with E-state index in [-0.39, 0.29) is 5.91 Å². The monoisotopic (exact) mass is 315 g/mol. The van der Waals surface area contributed by atoms with Crippen molar-refractivity contribution in [2.24, 2.45) is 0 Å². The fraction of sp³-hybridized carbons (Fsp3) is 0.412.